The van der Waals surface area contributed by atoms with Crippen molar-refractivity contribution in [3.05, 3.63) is 24.5 Å². The Morgan fingerprint density at radius 3 is 2.72 bits per heavy atom. The van der Waals surface area contributed by atoms with Crippen LogP contribution in [0.25, 0.3) is 0 Å². The zero-order valence-corrected chi connectivity index (χ0v) is 10.9. The maximum atomic E-state index is 10.4. The zero-order valence-electron chi connectivity index (χ0n) is 10.9. The molecule has 18 heavy (non-hydrogen) atoms. The van der Waals surface area contributed by atoms with Gasteiger partial charge in [-0.15, -0.1) is 0 Å². The van der Waals surface area contributed by atoms with Crippen molar-refractivity contribution in [2.75, 3.05) is 24.6 Å². The molecule has 1 aromatic heterocycles. The normalized spacial score (nSPS) is 28.4. The summed E-state index contributed by atoms with van der Waals surface area (Å²) < 4.78 is 0. The van der Waals surface area contributed by atoms with Crippen LogP contribution in [0.4, 0.5) is 5.69 Å². The van der Waals surface area contributed by atoms with Gasteiger partial charge >= 0.3 is 0 Å². The standard InChI is InChI=1S/C14H22N2O2/c1-2-5-14(11-17)6-9-16(10-13(14)18)12-3-7-15-8-4-12/h3-4,7-8,13,17-18H,2,5-6,9-11H2,1H3/t13-,14+/m0/s1. The Morgan fingerprint density at radius 1 is 1.44 bits per heavy atom. The molecule has 0 unspecified atom stereocenters. The van der Waals surface area contributed by atoms with Crippen LogP contribution in [0.3, 0.4) is 0 Å². The summed E-state index contributed by atoms with van der Waals surface area (Å²) in [4.78, 5) is 6.17. The number of anilines is 1. The van der Waals surface area contributed by atoms with Crippen molar-refractivity contribution in [3.8, 4) is 0 Å². The van der Waals surface area contributed by atoms with Crippen molar-refractivity contribution >= 4 is 5.69 Å². The maximum Gasteiger partial charge on any atom is 0.0793 e. The molecule has 4 nitrogen and oxygen atoms in total. The van der Waals surface area contributed by atoms with Crippen LogP contribution in [0, 0.1) is 5.41 Å². The van der Waals surface area contributed by atoms with E-state index in [4.69, 9.17) is 0 Å². The number of aliphatic hydroxyl groups is 2. The van der Waals surface area contributed by atoms with Crippen molar-refractivity contribution in [2.45, 2.75) is 32.3 Å². The van der Waals surface area contributed by atoms with E-state index in [-0.39, 0.29) is 12.0 Å². The molecular weight excluding hydrogens is 228 g/mol. The number of β-amino-alcohol motifs (C(OH)–C–C–N with tert-alkyl or cyclic N) is 1. The van der Waals surface area contributed by atoms with E-state index in [1.807, 2.05) is 12.1 Å². The molecular formula is C14H22N2O2. The van der Waals surface area contributed by atoms with Gasteiger partial charge in [0, 0.05) is 36.6 Å². The zero-order chi connectivity index (χ0) is 13.0. The lowest BCUT2D eigenvalue weighted by molar-refractivity contribution is -0.0370. The number of piperidine rings is 1. The molecule has 1 saturated heterocycles. The lowest BCUT2D eigenvalue weighted by Crippen LogP contribution is -2.52. The van der Waals surface area contributed by atoms with E-state index in [1.54, 1.807) is 12.4 Å². The number of pyridine rings is 1. The van der Waals surface area contributed by atoms with E-state index in [9.17, 15) is 10.2 Å². The number of aromatic nitrogens is 1. The number of aliphatic hydroxyl groups excluding tert-OH is 2. The molecule has 1 aromatic rings. The minimum Gasteiger partial charge on any atom is -0.396 e. The molecule has 100 valence electrons. The molecule has 1 aliphatic heterocycles. The molecule has 2 rings (SSSR count). The molecule has 0 radical (unpaired) electrons. The second-order valence-corrected chi connectivity index (χ2v) is 5.19. The summed E-state index contributed by atoms with van der Waals surface area (Å²) >= 11 is 0. The van der Waals surface area contributed by atoms with Crippen molar-refractivity contribution in [1.82, 2.24) is 4.98 Å². The largest absolute Gasteiger partial charge is 0.396 e. The van der Waals surface area contributed by atoms with E-state index in [0.717, 1.165) is 31.5 Å². The Kier molecular flexibility index (Phi) is 4.19. The van der Waals surface area contributed by atoms with Crippen molar-refractivity contribution in [1.29, 1.82) is 0 Å². The van der Waals surface area contributed by atoms with Crippen LogP contribution in [0.2, 0.25) is 0 Å². The number of rotatable bonds is 4. The fourth-order valence-corrected chi connectivity index (χ4v) is 2.86. The fraction of sp³-hybridized carbons (Fsp3) is 0.643. The van der Waals surface area contributed by atoms with Crippen LogP contribution < -0.4 is 4.90 Å². The Labute approximate surface area is 108 Å². The van der Waals surface area contributed by atoms with Gasteiger partial charge in [-0.3, -0.25) is 4.98 Å². The van der Waals surface area contributed by atoms with Crippen LogP contribution in [0.15, 0.2) is 24.5 Å². The summed E-state index contributed by atoms with van der Waals surface area (Å²) in [6.45, 7) is 3.64. The van der Waals surface area contributed by atoms with Crippen molar-refractivity contribution in [3.63, 3.8) is 0 Å². The molecule has 0 amide bonds. The van der Waals surface area contributed by atoms with Gasteiger partial charge in [0.25, 0.3) is 0 Å². The van der Waals surface area contributed by atoms with Crippen LogP contribution in [0.1, 0.15) is 26.2 Å². The Bertz CT molecular complexity index is 371. The molecule has 1 aliphatic rings. The van der Waals surface area contributed by atoms with Gasteiger partial charge in [-0.05, 0) is 25.0 Å². The minimum absolute atomic E-state index is 0.0756. The van der Waals surface area contributed by atoms with Crippen LogP contribution in [-0.2, 0) is 0 Å². The maximum absolute atomic E-state index is 10.4. The first-order chi connectivity index (χ1) is 8.72. The summed E-state index contributed by atoms with van der Waals surface area (Å²) in [7, 11) is 0. The Hall–Kier alpha value is -1.13. The Morgan fingerprint density at radius 2 is 2.17 bits per heavy atom. The van der Waals surface area contributed by atoms with Gasteiger partial charge in [0.15, 0.2) is 0 Å². The molecule has 0 spiro atoms. The molecule has 2 N–H and O–H groups in total. The van der Waals surface area contributed by atoms with E-state index in [2.05, 4.69) is 16.8 Å². The molecule has 1 fully saturated rings. The number of nitrogens with zero attached hydrogens (tertiary/aromatic N) is 2. The summed E-state index contributed by atoms with van der Waals surface area (Å²) in [5.41, 5.74) is 0.783. The highest BCUT2D eigenvalue weighted by atomic mass is 16.3. The van der Waals surface area contributed by atoms with Gasteiger partial charge in [0.1, 0.15) is 0 Å². The van der Waals surface area contributed by atoms with E-state index >= 15 is 0 Å². The smallest absolute Gasteiger partial charge is 0.0793 e. The summed E-state index contributed by atoms with van der Waals surface area (Å²) in [6, 6.07) is 3.91. The SMILES string of the molecule is CCC[C@]1(CO)CCN(c2ccncc2)C[C@@H]1O. The quantitative estimate of drug-likeness (QED) is 0.849. The first kappa shape index (κ1) is 13.3. The summed E-state index contributed by atoms with van der Waals surface area (Å²) in [5, 5.41) is 20.0. The second kappa shape index (κ2) is 5.67. The topological polar surface area (TPSA) is 56.6 Å². The van der Waals surface area contributed by atoms with Crippen LogP contribution in [-0.4, -0.2) is 41.0 Å². The Balaban J connectivity index is 2.08. The van der Waals surface area contributed by atoms with Crippen molar-refractivity contribution in [2.24, 2.45) is 5.41 Å². The first-order valence-electron chi connectivity index (χ1n) is 6.66. The lowest BCUT2D eigenvalue weighted by atomic mass is 9.73. The van der Waals surface area contributed by atoms with Crippen LogP contribution in [0.5, 0.6) is 0 Å². The minimum atomic E-state index is -0.468. The van der Waals surface area contributed by atoms with Crippen molar-refractivity contribution < 1.29 is 10.2 Å². The molecule has 0 saturated carbocycles. The molecule has 0 bridgehead atoms. The molecule has 2 atom stereocenters. The molecule has 2 heterocycles. The van der Waals surface area contributed by atoms with Gasteiger partial charge in [0.05, 0.1) is 12.7 Å². The molecule has 0 aromatic carbocycles. The second-order valence-electron chi connectivity index (χ2n) is 5.19. The van der Waals surface area contributed by atoms with Crippen LogP contribution >= 0.6 is 0 Å². The predicted octanol–water partition coefficient (Wildman–Crippen LogP) is 1.43. The third kappa shape index (κ3) is 2.49. The monoisotopic (exact) mass is 250 g/mol. The average molecular weight is 250 g/mol. The average Bonchev–Trinajstić information content (AvgIpc) is 2.42. The third-order valence-corrected chi connectivity index (χ3v) is 4.07. The summed E-state index contributed by atoms with van der Waals surface area (Å²) in [5.74, 6) is 0. The van der Waals surface area contributed by atoms with Gasteiger partial charge in [0.2, 0.25) is 0 Å². The molecule has 4 heteroatoms. The lowest BCUT2D eigenvalue weighted by Gasteiger charge is -2.45. The highest BCUT2D eigenvalue weighted by molar-refractivity contribution is 5.45. The highest BCUT2D eigenvalue weighted by Gasteiger charge is 2.41. The number of hydrogen-bond acceptors (Lipinski definition) is 4. The summed E-state index contributed by atoms with van der Waals surface area (Å²) in [6.07, 6.45) is 5.77. The van der Waals surface area contributed by atoms with Gasteiger partial charge in [-0.1, -0.05) is 13.3 Å². The molecule has 0 aliphatic carbocycles. The predicted molar refractivity (Wildman–Crippen MR) is 71.5 cm³/mol. The van der Waals surface area contributed by atoms with E-state index in [0.29, 0.717) is 6.54 Å². The van der Waals surface area contributed by atoms with Gasteiger partial charge < -0.3 is 15.1 Å². The van der Waals surface area contributed by atoms with Gasteiger partial charge in [-0.2, -0.15) is 0 Å². The van der Waals surface area contributed by atoms with E-state index in [1.165, 1.54) is 0 Å². The number of hydrogen-bond donors (Lipinski definition) is 2. The highest BCUT2D eigenvalue weighted by Crippen LogP contribution is 2.37. The third-order valence-electron chi connectivity index (χ3n) is 4.07. The first-order valence-corrected chi connectivity index (χ1v) is 6.66. The fourth-order valence-electron chi connectivity index (χ4n) is 2.86. The van der Waals surface area contributed by atoms with Gasteiger partial charge in [-0.25, -0.2) is 0 Å². The van der Waals surface area contributed by atoms with E-state index < -0.39 is 6.10 Å².